The van der Waals surface area contributed by atoms with Crippen molar-refractivity contribution < 1.29 is 14.3 Å². The van der Waals surface area contributed by atoms with Gasteiger partial charge in [0.15, 0.2) is 0 Å². The number of nitrogens with one attached hydrogen (secondary N) is 3. The topological polar surface area (TPSA) is 82.7 Å². The van der Waals surface area contributed by atoms with Crippen LogP contribution in [0.2, 0.25) is 0 Å². The first-order chi connectivity index (χ1) is 12.2. The predicted molar refractivity (Wildman–Crippen MR) is 95.7 cm³/mol. The number of carbonyl (C=O) groups is 2. The SMILES string of the molecule is O=C(NCCN1CCOCC1)c1ccc(NC(=O)C2CCCN2)cc1. The second-order valence-electron chi connectivity index (χ2n) is 6.43. The molecule has 2 saturated heterocycles. The Morgan fingerprint density at radius 3 is 2.64 bits per heavy atom. The molecule has 0 spiro atoms. The number of hydrogen-bond donors (Lipinski definition) is 3. The third-order valence-electron chi connectivity index (χ3n) is 4.61. The number of hydrogen-bond acceptors (Lipinski definition) is 5. The lowest BCUT2D eigenvalue weighted by Gasteiger charge is -2.26. The number of amides is 2. The summed E-state index contributed by atoms with van der Waals surface area (Å²) in [6, 6.07) is 6.90. The van der Waals surface area contributed by atoms with Crippen molar-refractivity contribution >= 4 is 17.5 Å². The first-order valence-electron chi connectivity index (χ1n) is 8.95. The summed E-state index contributed by atoms with van der Waals surface area (Å²) in [5, 5.41) is 8.99. The summed E-state index contributed by atoms with van der Waals surface area (Å²) in [4.78, 5) is 26.5. The number of nitrogens with zero attached hydrogens (tertiary/aromatic N) is 1. The van der Waals surface area contributed by atoms with Crippen molar-refractivity contribution in [1.82, 2.24) is 15.5 Å². The van der Waals surface area contributed by atoms with E-state index >= 15 is 0 Å². The average molecular weight is 346 g/mol. The molecule has 2 fully saturated rings. The molecule has 2 heterocycles. The standard InChI is InChI=1S/C18H26N4O3/c23-17(20-8-9-22-10-12-25-13-11-22)14-3-5-15(6-4-14)21-18(24)16-2-1-7-19-16/h3-6,16,19H,1-2,7-13H2,(H,20,23)(H,21,24). The van der Waals surface area contributed by atoms with Gasteiger partial charge in [0.2, 0.25) is 5.91 Å². The fraction of sp³-hybridized carbons (Fsp3) is 0.556. The molecule has 0 saturated carbocycles. The first-order valence-corrected chi connectivity index (χ1v) is 8.95. The number of rotatable bonds is 6. The van der Waals surface area contributed by atoms with Crippen LogP contribution in [0.25, 0.3) is 0 Å². The van der Waals surface area contributed by atoms with Crippen molar-refractivity contribution in [1.29, 1.82) is 0 Å². The molecule has 2 aliphatic heterocycles. The summed E-state index contributed by atoms with van der Waals surface area (Å²) in [5.74, 6) is -0.108. The van der Waals surface area contributed by atoms with Crippen LogP contribution in [0.3, 0.4) is 0 Å². The molecule has 7 nitrogen and oxygen atoms in total. The minimum Gasteiger partial charge on any atom is -0.379 e. The Bertz CT molecular complexity index is 578. The van der Waals surface area contributed by atoms with E-state index in [0.717, 1.165) is 52.2 Å². The highest BCUT2D eigenvalue weighted by molar-refractivity contribution is 5.97. The lowest BCUT2D eigenvalue weighted by molar-refractivity contribution is -0.117. The van der Waals surface area contributed by atoms with Crippen LogP contribution in [0, 0.1) is 0 Å². The molecule has 0 radical (unpaired) electrons. The second-order valence-corrected chi connectivity index (χ2v) is 6.43. The maximum absolute atomic E-state index is 12.2. The molecule has 0 aromatic heterocycles. The van der Waals surface area contributed by atoms with Crippen molar-refractivity contribution in [2.45, 2.75) is 18.9 Å². The van der Waals surface area contributed by atoms with Gasteiger partial charge in [0.25, 0.3) is 5.91 Å². The van der Waals surface area contributed by atoms with E-state index in [0.29, 0.717) is 17.8 Å². The Morgan fingerprint density at radius 1 is 1.20 bits per heavy atom. The second kappa shape index (κ2) is 8.94. The van der Waals surface area contributed by atoms with Crippen LogP contribution < -0.4 is 16.0 Å². The zero-order valence-electron chi connectivity index (χ0n) is 14.4. The van der Waals surface area contributed by atoms with Gasteiger partial charge in [-0.2, -0.15) is 0 Å². The van der Waals surface area contributed by atoms with Crippen molar-refractivity contribution in [3.63, 3.8) is 0 Å². The third kappa shape index (κ3) is 5.26. The molecule has 2 aliphatic rings. The summed E-state index contributed by atoms with van der Waals surface area (Å²) < 4.78 is 5.30. The Hall–Kier alpha value is -1.96. The molecule has 3 N–H and O–H groups in total. The number of morpholine rings is 1. The lowest BCUT2D eigenvalue weighted by atomic mass is 10.1. The van der Waals surface area contributed by atoms with Gasteiger partial charge in [-0.15, -0.1) is 0 Å². The van der Waals surface area contributed by atoms with E-state index in [1.165, 1.54) is 0 Å². The minimum atomic E-state index is -0.108. The molecular weight excluding hydrogens is 320 g/mol. The largest absolute Gasteiger partial charge is 0.379 e. The molecular formula is C18H26N4O3. The van der Waals surface area contributed by atoms with Gasteiger partial charge in [0.05, 0.1) is 19.3 Å². The highest BCUT2D eigenvalue weighted by Crippen LogP contribution is 2.12. The summed E-state index contributed by atoms with van der Waals surface area (Å²) in [5.41, 5.74) is 1.31. The van der Waals surface area contributed by atoms with E-state index in [4.69, 9.17) is 4.74 Å². The zero-order chi connectivity index (χ0) is 17.5. The number of anilines is 1. The summed E-state index contributed by atoms with van der Waals surface area (Å²) in [6.45, 7) is 5.69. The van der Waals surface area contributed by atoms with Gasteiger partial charge in [0.1, 0.15) is 0 Å². The van der Waals surface area contributed by atoms with Gasteiger partial charge in [-0.25, -0.2) is 0 Å². The Balaban J connectivity index is 1.42. The van der Waals surface area contributed by atoms with Gasteiger partial charge in [-0.3, -0.25) is 14.5 Å². The average Bonchev–Trinajstić information content (AvgIpc) is 3.18. The molecule has 3 rings (SSSR count). The van der Waals surface area contributed by atoms with E-state index < -0.39 is 0 Å². The Morgan fingerprint density at radius 2 is 1.96 bits per heavy atom. The van der Waals surface area contributed by atoms with Crippen LogP contribution in [-0.4, -0.2) is 68.7 Å². The molecule has 1 aromatic carbocycles. The fourth-order valence-electron chi connectivity index (χ4n) is 3.10. The Kier molecular flexibility index (Phi) is 6.38. The summed E-state index contributed by atoms with van der Waals surface area (Å²) >= 11 is 0. The first kappa shape index (κ1) is 17.8. The normalized spacial score (nSPS) is 21.0. The quantitative estimate of drug-likeness (QED) is 0.696. The summed E-state index contributed by atoms with van der Waals surface area (Å²) in [6.07, 6.45) is 1.90. The van der Waals surface area contributed by atoms with Crippen LogP contribution in [-0.2, 0) is 9.53 Å². The van der Waals surface area contributed by atoms with Crippen molar-refractivity contribution in [2.75, 3.05) is 51.3 Å². The maximum Gasteiger partial charge on any atom is 0.251 e. The molecule has 0 aliphatic carbocycles. The monoisotopic (exact) mass is 346 g/mol. The minimum absolute atomic E-state index is 0.0137. The molecule has 0 bridgehead atoms. The number of benzene rings is 1. The molecule has 7 heteroatoms. The van der Waals surface area contributed by atoms with Crippen molar-refractivity contribution in [3.05, 3.63) is 29.8 Å². The maximum atomic E-state index is 12.2. The van der Waals surface area contributed by atoms with Crippen molar-refractivity contribution in [2.24, 2.45) is 0 Å². The van der Waals surface area contributed by atoms with E-state index in [1.54, 1.807) is 24.3 Å². The lowest BCUT2D eigenvalue weighted by Crippen LogP contribution is -2.41. The number of carbonyl (C=O) groups excluding carboxylic acids is 2. The zero-order valence-corrected chi connectivity index (χ0v) is 14.4. The Labute approximate surface area is 148 Å². The fourth-order valence-corrected chi connectivity index (χ4v) is 3.10. The van der Waals surface area contributed by atoms with Crippen LogP contribution in [0.5, 0.6) is 0 Å². The van der Waals surface area contributed by atoms with E-state index in [-0.39, 0.29) is 17.9 Å². The molecule has 25 heavy (non-hydrogen) atoms. The van der Waals surface area contributed by atoms with Crippen LogP contribution >= 0.6 is 0 Å². The van der Waals surface area contributed by atoms with Gasteiger partial charge in [-0.1, -0.05) is 0 Å². The van der Waals surface area contributed by atoms with Gasteiger partial charge in [0, 0.05) is 37.4 Å². The molecule has 1 unspecified atom stereocenters. The van der Waals surface area contributed by atoms with Crippen molar-refractivity contribution in [3.8, 4) is 0 Å². The predicted octanol–water partition coefficient (Wildman–Crippen LogP) is 0.439. The van der Waals surface area contributed by atoms with E-state index in [1.807, 2.05) is 0 Å². The van der Waals surface area contributed by atoms with Gasteiger partial charge in [-0.05, 0) is 43.7 Å². The van der Waals surface area contributed by atoms with Crippen LogP contribution in [0.4, 0.5) is 5.69 Å². The van der Waals surface area contributed by atoms with E-state index in [9.17, 15) is 9.59 Å². The van der Waals surface area contributed by atoms with E-state index in [2.05, 4.69) is 20.9 Å². The highest BCUT2D eigenvalue weighted by Gasteiger charge is 2.21. The molecule has 1 atom stereocenters. The van der Waals surface area contributed by atoms with Crippen LogP contribution in [0.15, 0.2) is 24.3 Å². The summed E-state index contributed by atoms with van der Waals surface area (Å²) in [7, 11) is 0. The van der Waals surface area contributed by atoms with Crippen LogP contribution in [0.1, 0.15) is 23.2 Å². The van der Waals surface area contributed by atoms with Gasteiger partial charge < -0.3 is 20.7 Å². The third-order valence-corrected chi connectivity index (χ3v) is 4.61. The molecule has 1 aromatic rings. The van der Waals surface area contributed by atoms with Gasteiger partial charge >= 0.3 is 0 Å². The highest BCUT2D eigenvalue weighted by atomic mass is 16.5. The molecule has 2 amide bonds. The number of ether oxygens (including phenoxy) is 1. The smallest absolute Gasteiger partial charge is 0.251 e. The molecule has 136 valence electrons.